The van der Waals surface area contributed by atoms with E-state index in [4.69, 9.17) is 10.1 Å². The molecule has 1 amide bonds. The first-order valence-electron chi connectivity index (χ1n) is 15.3. The van der Waals surface area contributed by atoms with Gasteiger partial charge in [0.2, 0.25) is 0 Å². The van der Waals surface area contributed by atoms with Crippen LogP contribution in [-0.2, 0) is 9.53 Å². The molecule has 3 rings (SSSR count). The Morgan fingerprint density at radius 2 is 1.64 bits per heavy atom. The third-order valence-corrected chi connectivity index (χ3v) is 7.36. The summed E-state index contributed by atoms with van der Waals surface area (Å²) in [5, 5.41) is 12.3. The summed E-state index contributed by atoms with van der Waals surface area (Å²) in [4.78, 5) is 29.2. The average Bonchev–Trinajstić information content (AvgIpc) is 2.91. The third kappa shape index (κ3) is 11.2. The molecule has 1 saturated heterocycles. The lowest BCUT2D eigenvalue weighted by Gasteiger charge is -2.41. The van der Waals surface area contributed by atoms with Gasteiger partial charge in [-0.3, -0.25) is 4.79 Å². The van der Waals surface area contributed by atoms with Crippen molar-refractivity contribution < 1.29 is 32.2 Å². The molecule has 1 aromatic carbocycles. The number of ketones is 1. The predicted octanol–water partition coefficient (Wildman–Crippen LogP) is 9.04. The highest BCUT2D eigenvalue weighted by Gasteiger charge is 2.37. The number of carbonyl (C=O) groups excluding carboxylic acids is 2. The number of rotatable bonds is 12. The maximum atomic E-state index is 13.2. The molecule has 248 valence electrons. The molecule has 1 atom stereocenters. The number of pyridine rings is 1. The number of alkyl halides is 2. The molecule has 8 nitrogen and oxygen atoms in total. The Morgan fingerprint density at radius 1 is 1.07 bits per heavy atom. The number of hydrogen-bond acceptors (Lipinski definition) is 7. The van der Waals surface area contributed by atoms with Crippen molar-refractivity contribution >= 4 is 29.1 Å². The average molecular weight is 633 g/mol. The second-order valence-corrected chi connectivity index (χ2v) is 12.3. The zero-order valence-electron chi connectivity index (χ0n) is 27.6. The summed E-state index contributed by atoms with van der Waals surface area (Å²) in [6.45, 7) is 17.7. The van der Waals surface area contributed by atoms with Gasteiger partial charge in [-0.1, -0.05) is 34.3 Å². The second kappa shape index (κ2) is 15.9. The number of Topliss-reactive ketones (excluding diaryl/α,β-unsaturated/α-hetero) is 1. The Kier molecular flexibility index (Phi) is 13.2. The molecule has 0 radical (unpaired) electrons. The molecule has 1 fully saturated rings. The quantitative estimate of drug-likeness (QED) is 0.179. The number of aromatic nitrogens is 1. The van der Waals surface area contributed by atoms with Crippen molar-refractivity contribution in [1.29, 1.82) is 5.41 Å². The summed E-state index contributed by atoms with van der Waals surface area (Å²) in [6, 6.07) is 8.09. The van der Waals surface area contributed by atoms with Crippen molar-refractivity contribution in [2.75, 3.05) is 18.4 Å². The Labute approximate surface area is 264 Å². The fourth-order valence-corrected chi connectivity index (χ4v) is 4.65. The van der Waals surface area contributed by atoms with Crippen molar-refractivity contribution in [1.82, 2.24) is 9.88 Å². The standard InChI is InChI=1S/C27H36F2N4O3.C7H11FO/c1-7-17(8-2)23(30)22-21(18-15-33(16-18)25(34)36-26(3,4)5)13-14-31-24(22)32-19-9-11-20(12-10-19)35-27(6,28)29;1-4-5(2)7(9)6(3)8/h9-14,17-18,30H,7-8,15-16H2,1-6H3,(H,31,32);5H,3-4H2,1-2H3. The molecule has 2 N–H and O–H groups in total. The van der Waals surface area contributed by atoms with E-state index in [0.29, 0.717) is 43.7 Å². The van der Waals surface area contributed by atoms with E-state index in [9.17, 15) is 22.8 Å². The summed E-state index contributed by atoms with van der Waals surface area (Å²) in [5.74, 6) is -0.846. The van der Waals surface area contributed by atoms with E-state index in [0.717, 1.165) is 24.0 Å². The first kappa shape index (κ1) is 37.3. The Morgan fingerprint density at radius 3 is 2.09 bits per heavy atom. The van der Waals surface area contributed by atoms with E-state index in [-0.39, 0.29) is 29.6 Å². The van der Waals surface area contributed by atoms with E-state index < -0.39 is 23.3 Å². The lowest BCUT2D eigenvalue weighted by Crippen LogP contribution is -2.50. The number of benzene rings is 1. The molecule has 0 bridgehead atoms. The van der Waals surface area contributed by atoms with Crippen LogP contribution < -0.4 is 10.1 Å². The maximum Gasteiger partial charge on any atom is 0.410 e. The highest BCUT2D eigenvalue weighted by molar-refractivity contribution is 6.05. The number of allylic oxidation sites excluding steroid dienone is 1. The molecule has 1 unspecified atom stereocenters. The summed E-state index contributed by atoms with van der Waals surface area (Å²) in [7, 11) is 0. The van der Waals surface area contributed by atoms with E-state index in [2.05, 4.69) is 35.5 Å². The van der Waals surface area contributed by atoms with Gasteiger partial charge in [0.05, 0.1) is 0 Å². The van der Waals surface area contributed by atoms with Crippen molar-refractivity contribution in [2.24, 2.45) is 11.8 Å². The molecule has 11 heteroatoms. The molecule has 0 aliphatic carbocycles. The van der Waals surface area contributed by atoms with Gasteiger partial charge >= 0.3 is 12.2 Å². The van der Waals surface area contributed by atoms with Gasteiger partial charge in [-0.25, -0.2) is 14.2 Å². The van der Waals surface area contributed by atoms with Crippen LogP contribution in [0.25, 0.3) is 0 Å². The largest absolute Gasteiger partial charge is 0.444 e. The highest BCUT2D eigenvalue weighted by Crippen LogP contribution is 2.36. The minimum atomic E-state index is -3.27. The van der Waals surface area contributed by atoms with Gasteiger partial charge in [0.15, 0.2) is 11.6 Å². The van der Waals surface area contributed by atoms with Crippen LogP contribution in [0.4, 0.5) is 29.5 Å². The van der Waals surface area contributed by atoms with Gasteiger partial charge < -0.3 is 25.1 Å². The Bertz CT molecular complexity index is 1330. The second-order valence-electron chi connectivity index (χ2n) is 12.3. The van der Waals surface area contributed by atoms with Crippen molar-refractivity contribution in [2.45, 2.75) is 92.3 Å². The molecule has 2 heterocycles. The molecular formula is C34H47F3N4O4. The fraction of sp³-hybridized carbons (Fsp3) is 0.529. The molecule has 1 aliphatic heterocycles. The van der Waals surface area contributed by atoms with Crippen molar-refractivity contribution in [3.8, 4) is 5.75 Å². The normalized spacial score (nSPS) is 14.1. The molecule has 1 aromatic heterocycles. The molecular weight excluding hydrogens is 585 g/mol. The number of hydrogen-bond donors (Lipinski definition) is 2. The SMILES string of the molecule is C=C(F)C(=O)C(C)CC.CCC(CC)C(=N)c1c(C2CN(C(=O)OC(C)(C)C)C2)ccnc1Nc1ccc(OC(C)(F)F)cc1. The van der Waals surface area contributed by atoms with Crippen LogP contribution in [0.15, 0.2) is 48.9 Å². The first-order chi connectivity index (χ1) is 20.9. The van der Waals surface area contributed by atoms with Gasteiger partial charge in [0.25, 0.3) is 0 Å². The van der Waals surface area contributed by atoms with Gasteiger partial charge in [-0.05, 0) is 75.9 Å². The number of amides is 1. The zero-order valence-corrected chi connectivity index (χ0v) is 27.6. The topological polar surface area (TPSA) is 105 Å². The highest BCUT2D eigenvalue weighted by atomic mass is 19.3. The molecule has 0 saturated carbocycles. The van der Waals surface area contributed by atoms with Gasteiger partial charge in [0.1, 0.15) is 17.2 Å². The number of ether oxygens (including phenoxy) is 2. The van der Waals surface area contributed by atoms with Crippen LogP contribution in [-0.4, -0.2) is 52.3 Å². The number of nitrogens with one attached hydrogen (secondary N) is 2. The zero-order chi connectivity index (χ0) is 34.1. The molecule has 45 heavy (non-hydrogen) atoms. The molecule has 1 aliphatic rings. The number of anilines is 2. The van der Waals surface area contributed by atoms with Crippen LogP contribution in [0, 0.1) is 17.2 Å². The minimum Gasteiger partial charge on any atom is -0.444 e. The van der Waals surface area contributed by atoms with Crippen molar-refractivity contribution in [3.63, 3.8) is 0 Å². The van der Waals surface area contributed by atoms with Crippen LogP contribution in [0.1, 0.15) is 91.7 Å². The number of likely N-dealkylation sites (tertiary alicyclic amines) is 1. The van der Waals surface area contributed by atoms with E-state index in [1.807, 2.05) is 33.8 Å². The fourth-order valence-electron chi connectivity index (χ4n) is 4.65. The first-order valence-corrected chi connectivity index (χ1v) is 15.3. The van der Waals surface area contributed by atoms with E-state index in [1.54, 1.807) is 30.2 Å². The van der Waals surface area contributed by atoms with Crippen molar-refractivity contribution in [3.05, 3.63) is 60.1 Å². The summed E-state index contributed by atoms with van der Waals surface area (Å²) in [5.41, 5.74) is 2.24. The van der Waals surface area contributed by atoms with E-state index in [1.165, 1.54) is 12.1 Å². The maximum absolute atomic E-state index is 13.2. The van der Waals surface area contributed by atoms with Crippen LogP contribution >= 0.6 is 0 Å². The lowest BCUT2D eigenvalue weighted by molar-refractivity contribution is -0.158. The minimum absolute atomic E-state index is 0.0494. The van der Waals surface area contributed by atoms with Crippen LogP contribution in [0.5, 0.6) is 5.75 Å². The monoisotopic (exact) mass is 632 g/mol. The Hall–Kier alpha value is -3.89. The van der Waals surface area contributed by atoms with Gasteiger partial charge in [-0.15, -0.1) is 0 Å². The lowest BCUT2D eigenvalue weighted by atomic mass is 9.83. The van der Waals surface area contributed by atoms with Crippen LogP contribution in [0.3, 0.4) is 0 Å². The Balaban J connectivity index is 0.000000681. The molecule has 2 aromatic rings. The molecule has 0 spiro atoms. The number of nitrogens with zero attached hydrogens (tertiary/aromatic N) is 2. The number of carbonyl (C=O) groups is 2. The number of halogens is 3. The smallest absolute Gasteiger partial charge is 0.410 e. The summed E-state index contributed by atoms with van der Waals surface area (Å²) in [6.07, 6.45) is 0.374. The predicted molar refractivity (Wildman–Crippen MR) is 171 cm³/mol. The van der Waals surface area contributed by atoms with Crippen LogP contribution in [0.2, 0.25) is 0 Å². The van der Waals surface area contributed by atoms with Gasteiger partial charge in [0, 0.05) is 60.9 Å². The summed E-state index contributed by atoms with van der Waals surface area (Å²) >= 11 is 0. The third-order valence-electron chi connectivity index (χ3n) is 7.36. The summed E-state index contributed by atoms with van der Waals surface area (Å²) < 4.78 is 48.4. The van der Waals surface area contributed by atoms with E-state index >= 15 is 0 Å². The van der Waals surface area contributed by atoms with Gasteiger partial charge in [-0.2, -0.15) is 8.78 Å².